The summed E-state index contributed by atoms with van der Waals surface area (Å²) in [6.07, 6.45) is 3.25. The van der Waals surface area contributed by atoms with Crippen molar-refractivity contribution in [1.29, 1.82) is 5.26 Å². The van der Waals surface area contributed by atoms with Crippen LogP contribution in [0.15, 0.2) is 18.2 Å². The number of rotatable bonds is 4. The van der Waals surface area contributed by atoms with Gasteiger partial charge in [0.15, 0.2) is 0 Å². The summed E-state index contributed by atoms with van der Waals surface area (Å²) >= 11 is 5.63. The lowest BCUT2D eigenvalue weighted by atomic mass is 10.1. The lowest BCUT2D eigenvalue weighted by molar-refractivity contribution is 0.627. The highest BCUT2D eigenvalue weighted by Crippen LogP contribution is 2.17. The maximum absolute atomic E-state index is 12.8. The Hall–Kier alpha value is -1.07. The lowest BCUT2D eigenvalue weighted by Crippen LogP contribution is -1.87. The Morgan fingerprint density at radius 3 is 2.79 bits per heavy atom. The largest absolute Gasteiger partial charge is 0.205 e. The van der Waals surface area contributed by atoms with Gasteiger partial charge in [0, 0.05) is 6.42 Å². The smallest absolute Gasteiger partial charge is 0.141 e. The number of nitrogens with zero attached hydrogens (tertiary/aromatic N) is 1. The van der Waals surface area contributed by atoms with E-state index in [1.807, 2.05) is 0 Å². The minimum Gasteiger partial charge on any atom is -0.205 e. The Bertz CT molecular complexity index is 344. The van der Waals surface area contributed by atoms with E-state index in [0.29, 0.717) is 6.42 Å². The molecule has 0 aliphatic carbocycles. The highest BCUT2D eigenvalue weighted by molar-refractivity contribution is 6.30. The van der Waals surface area contributed by atoms with Crippen molar-refractivity contribution in [3.63, 3.8) is 0 Å². The summed E-state index contributed by atoms with van der Waals surface area (Å²) in [5.41, 5.74) is 1.02. The molecule has 0 aliphatic heterocycles. The van der Waals surface area contributed by atoms with Gasteiger partial charge >= 0.3 is 0 Å². The molecule has 0 saturated carbocycles. The molecule has 3 heteroatoms. The van der Waals surface area contributed by atoms with Crippen molar-refractivity contribution in [2.45, 2.75) is 25.7 Å². The molecule has 0 heterocycles. The van der Waals surface area contributed by atoms with Crippen LogP contribution < -0.4 is 0 Å². The molecule has 0 unspecified atom stereocenters. The van der Waals surface area contributed by atoms with Crippen LogP contribution in [0.2, 0.25) is 5.02 Å². The number of aryl methyl sites for hydroxylation is 1. The molecule has 0 saturated heterocycles. The van der Waals surface area contributed by atoms with Gasteiger partial charge in [-0.1, -0.05) is 17.7 Å². The summed E-state index contributed by atoms with van der Waals surface area (Å²) in [5.74, 6) is -0.382. The molecule has 0 N–H and O–H groups in total. The highest BCUT2D eigenvalue weighted by atomic mass is 35.5. The first-order valence-corrected chi connectivity index (χ1v) is 4.92. The molecule has 0 radical (unpaired) electrons. The van der Waals surface area contributed by atoms with Crippen LogP contribution in [-0.2, 0) is 6.42 Å². The zero-order valence-electron chi connectivity index (χ0n) is 7.76. The van der Waals surface area contributed by atoms with Crippen LogP contribution >= 0.6 is 11.6 Å². The molecule has 14 heavy (non-hydrogen) atoms. The number of benzene rings is 1. The summed E-state index contributed by atoms with van der Waals surface area (Å²) in [5, 5.41) is 8.49. The monoisotopic (exact) mass is 211 g/mol. The second-order valence-corrected chi connectivity index (χ2v) is 3.52. The number of unbranched alkanes of at least 4 members (excludes halogenated alkanes) is 2. The Labute approximate surface area is 88.1 Å². The molecule has 74 valence electrons. The van der Waals surface area contributed by atoms with E-state index in [0.717, 1.165) is 24.8 Å². The maximum atomic E-state index is 12.8. The molecular weight excluding hydrogens is 201 g/mol. The van der Waals surface area contributed by atoms with Crippen LogP contribution in [0.1, 0.15) is 24.8 Å². The van der Waals surface area contributed by atoms with E-state index < -0.39 is 0 Å². The van der Waals surface area contributed by atoms with Gasteiger partial charge in [-0.2, -0.15) is 5.26 Å². The van der Waals surface area contributed by atoms with Gasteiger partial charge in [-0.15, -0.1) is 0 Å². The van der Waals surface area contributed by atoms with Crippen molar-refractivity contribution in [3.05, 3.63) is 34.6 Å². The third-order valence-electron chi connectivity index (χ3n) is 1.99. The van der Waals surface area contributed by atoms with E-state index in [2.05, 4.69) is 6.07 Å². The normalized spacial score (nSPS) is 9.79. The lowest BCUT2D eigenvalue weighted by Gasteiger charge is -2.01. The molecule has 1 nitrogen and oxygen atoms in total. The summed E-state index contributed by atoms with van der Waals surface area (Å²) in [6.45, 7) is 0. The van der Waals surface area contributed by atoms with Crippen LogP contribution in [0.5, 0.6) is 0 Å². The number of hydrogen-bond acceptors (Lipinski definition) is 1. The molecule has 0 aromatic heterocycles. The fourth-order valence-electron chi connectivity index (χ4n) is 1.23. The van der Waals surface area contributed by atoms with Gasteiger partial charge < -0.3 is 0 Å². The SMILES string of the molecule is N#CCCCCc1ccc(F)c(Cl)c1. The predicted molar refractivity (Wildman–Crippen MR) is 54.6 cm³/mol. The molecule has 0 fully saturated rings. The molecule has 1 rings (SSSR count). The van der Waals surface area contributed by atoms with Gasteiger partial charge in [0.05, 0.1) is 11.1 Å². The molecule has 0 bridgehead atoms. The first-order chi connectivity index (χ1) is 6.74. The molecule has 0 aliphatic rings. The first-order valence-electron chi connectivity index (χ1n) is 4.55. The topological polar surface area (TPSA) is 23.8 Å². The fraction of sp³-hybridized carbons (Fsp3) is 0.364. The van der Waals surface area contributed by atoms with E-state index in [9.17, 15) is 4.39 Å². The first kappa shape index (κ1) is 11.0. The standard InChI is InChI=1S/C11H11ClFN/c12-10-8-9(5-6-11(10)13)4-2-1-3-7-14/h5-6,8H,1-4H2. The van der Waals surface area contributed by atoms with Crippen molar-refractivity contribution in [2.24, 2.45) is 0 Å². The Kier molecular flexibility index (Phi) is 4.42. The van der Waals surface area contributed by atoms with E-state index in [4.69, 9.17) is 16.9 Å². The third-order valence-corrected chi connectivity index (χ3v) is 2.28. The average molecular weight is 212 g/mol. The summed E-state index contributed by atoms with van der Waals surface area (Å²) < 4.78 is 12.8. The zero-order valence-corrected chi connectivity index (χ0v) is 8.52. The number of hydrogen-bond donors (Lipinski definition) is 0. The molecule has 1 aromatic rings. The Balaban J connectivity index is 2.44. The molecule has 0 amide bonds. The number of nitriles is 1. The molecule has 1 aromatic carbocycles. The van der Waals surface area contributed by atoms with Gasteiger partial charge in [0.25, 0.3) is 0 Å². The molecule has 0 atom stereocenters. The zero-order chi connectivity index (χ0) is 10.4. The van der Waals surface area contributed by atoms with Gasteiger partial charge in [0.2, 0.25) is 0 Å². The van der Waals surface area contributed by atoms with Crippen molar-refractivity contribution < 1.29 is 4.39 Å². The molecule has 0 spiro atoms. The van der Waals surface area contributed by atoms with Crippen LogP contribution in [0, 0.1) is 17.1 Å². The summed E-state index contributed by atoms with van der Waals surface area (Å²) in [6, 6.07) is 6.84. The van der Waals surface area contributed by atoms with Crippen LogP contribution in [-0.4, -0.2) is 0 Å². The van der Waals surface area contributed by atoms with Crippen molar-refractivity contribution in [1.82, 2.24) is 0 Å². The third kappa shape index (κ3) is 3.35. The van der Waals surface area contributed by atoms with Crippen LogP contribution in [0.3, 0.4) is 0 Å². The van der Waals surface area contributed by atoms with E-state index >= 15 is 0 Å². The second-order valence-electron chi connectivity index (χ2n) is 3.11. The van der Waals surface area contributed by atoms with Gasteiger partial charge in [-0.25, -0.2) is 4.39 Å². The van der Waals surface area contributed by atoms with Gasteiger partial charge in [0.1, 0.15) is 5.82 Å². The van der Waals surface area contributed by atoms with Crippen molar-refractivity contribution in [2.75, 3.05) is 0 Å². The van der Waals surface area contributed by atoms with Gasteiger partial charge in [-0.05, 0) is 37.0 Å². The number of halogens is 2. The van der Waals surface area contributed by atoms with Crippen LogP contribution in [0.25, 0.3) is 0 Å². The van der Waals surface area contributed by atoms with E-state index in [-0.39, 0.29) is 10.8 Å². The summed E-state index contributed by atoms with van der Waals surface area (Å²) in [4.78, 5) is 0. The van der Waals surface area contributed by atoms with E-state index in [1.54, 1.807) is 12.1 Å². The quantitative estimate of drug-likeness (QED) is 0.697. The molecular formula is C11H11ClFN. The van der Waals surface area contributed by atoms with Crippen molar-refractivity contribution in [3.8, 4) is 6.07 Å². The fourth-order valence-corrected chi connectivity index (χ4v) is 1.43. The van der Waals surface area contributed by atoms with Crippen molar-refractivity contribution >= 4 is 11.6 Å². The second kappa shape index (κ2) is 5.62. The van der Waals surface area contributed by atoms with E-state index in [1.165, 1.54) is 6.07 Å². The Morgan fingerprint density at radius 1 is 1.36 bits per heavy atom. The minimum absolute atomic E-state index is 0.169. The van der Waals surface area contributed by atoms with Crippen LogP contribution in [0.4, 0.5) is 4.39 Å². The summed E-state index contributed by atoms with van der Waals surface area (Å²) in [7, 11) is 0. The maximum Gasteiger partial charge on any atom is 0.141 e. The average Bonchev–Trinajstić information content (AvgIpc) is 2.18. The predicted octanol–water partition coefficient (Wildman–Crippen LogP) is 3.72. The highest BCUT2D eigenvalue weighted by Gasteiger charge is 2.00. The minimum atomic E-state index is -0.382. The Morgan fingerprint density at radius 2 is 2.14 bits per heavy atom. The van der Waals surface area contributed by atoms with Gasteiger partial charge in [-0.3, -0.25) is 0 Å².